The molecular formula is C26H22F4N6O5. The van der Waals surface area contributed by atoms with Gasteiger partial charge in [0.25, 0.3) is 11.6 Å². The van der Waals surface area contributed by atoms with Crippen molar-refractivity contribution in [1.82, 2.24) is 29.9 Å². The average molecular weight is 574 g/mol. The van der Waals surface area contributed by atoms with Gasteiger partial charge in [-0.05, 0) is 42.7 Å². The Hall–Kier alpha value is -4.53. The van der Waals surface area contributed by atoms with Crippen molar-refractivity contribution in [1.29, 1.82) is 0 Å². The number of alkyl halides is 3. The maximum absolute atomic E-state index is 14.1. The van der Waals surface area contributed by atoms with E-state index in [9.17, 15) is 37.1 Å². The van der Waals surface area contributed by atoms with Crippen molar-refractivity contribution in [3.8, 4) is 17.0 Å². The number of aryl methyl sites for hydroxylation is 2. The number of urea groups is 1. The van der Waals surface area contributed by atoms with Crippen LogP contribution >= 0.6 is 0 Å². The standard InChI is InChI=1S/C26H22F4N6O5/c1-34-10-16(8-32-34)19-7-14-4-5-24(18(14)9-31-19)22(38)35(23(39)33-24)12-21(37)36-11-15-6-17(27)2-3-20(15)41-13-25(36,40)26(28,29)30/h2-3,6-10,40H,4-5,11-13H2,1H3,(H,33,39)/t24?,25-/m0/s1. The molecule has 1 unspecified atom stereocenters. The van der Waals surface area contributed by atoms with E-state index < -0.39 is 60.8 Å². The van der Waals surface area contributed by atoms with Crippen LogP contribution in [-0.2, 0) is 35.1 Å². The number of nitrogens with one attached hydrogen (secondary N) is 1. The van der Waals surface area contributed by atoms with Gasteiger partial charge < -0.3 is 15.2 Å². The Balaban J connectivity index is 1.29. The zero-order valence-electron chi connectivity index (χ0n) is 21.4. The van der Waals surface area contributed by atoms with Gasteiger partial charge in [-0.1, -0.05) is 0 Å². The number of amides is 4. The Morgan fingerprint density at radius 3 is 2.68 bits per heavy atom. The van der Waals surface area contributed by atoms with E-state index in [1.54, 1.807) is 30.2 Å². The van der Waals surface area contributed by atoms with Crippen LogP contribution in [0.15, 0.2) is 42.9 Å². The number of halogens is 4. The van der Waals surface area contributed by atoms with Crippen LogP contribution in [0.1, 0.15) is 23.1 Å². The minimum absolute atomic E-state index is 0.0498. The van der Waals surface area contributed by atoms with E-state index in [4.69, 9.17) is 4.74 Å². The highest BCUT2D eigenvalue weighted by atomic mass is 19.4. The van der Waals surface area contributed by atoms with Gasteiger partial charge in [0.2, 0.25) is 5.91 Å². The number of aliphatic hydroxyl groups is 1. The fourth-order valence-electron chi connectivity index (χ4n) is 5.50. The van der Waals surface area contributed by atoms with E-state index in [1.807, 2.05) is 0 Å². The van der Waals surface area contributed by atoms with Crippen LogP contribution < -0.4 is 10.1 Å². The van der Waals surface area contributed by atoms with Gasteiger partial charge in [-0.25, -0.2) is 9.18 Å². The lowest BCUT2D eigenvalue weighted by Crippen LogP contribution is -2.64. The molecule has 2 aromatic heterocycles. The Morgan fingerprint density at radius 2 is 1.98 bits per heavy atom. The first-order valence-electron chi connectivity index (χ1n) is 12.5. The highest BCUT2D eigenvalue weighted by Gasteiger charge is 2.62. The lowest BCUT2D eigenvalue weighted by atomic mass is 9.92. The first kappa shape index (κ1) is 26.7. The van der Waals surface area contributed by atoms with Gasteiger partial charge in [0.1, 0.15) is 30.3 Å². The molecule has 214 valence electrons. The molecule has 3 aliphatic rings. The summed E-state index contributed by atoms with van der Waals surface area (Å²) in [6, 6.07) is 3.71. The van der Waals surface area contributed by atoms with E-state index in [0.717, 1.165) is 29.3 Å². The predicted molar refractivity (Wildman–Crippen MR) is 130 cm³/mol. The highest BCUT2D eigenvalue weighted by molar-refractivity contribution is 6.10. The SMILES string of the molecule is Cn1cc(-c2cc3c(cn2)C2(CC3)NC(=O)N(CC(=O)N3Cc4cc(F)ccc4OC[C@]3(O)C(F)(F)F)C2=O)cn1. The molecule has 11 nitrogen and oxygen atoms in total. The van der Waals surface area contributed by atoms with Gasteiger partial charge in [0.15, 0.2) is 0 Å². The molecular weight excluding hydrogens is 552 g/mol. The summed E-state index contributed by atoms with van der Waals surface area (Å²) < 4.78 is 62.8. The fourth-order valence-corrected chi connectivity index (χ4v) is 5.50. The predicted octanol–water partition coefficient (Wildman–Crippen LogP) is 1.99. The molecule has 0 bridgehead atoms. The molecule has 41 heavy (non-hydrogen) atoms. The van der Waals surface area contributed by atoms with Crippen molar-refractivity contribution in [2.45, 2.75) is 36.8 Å². The van der Waals surface area contributed by atoms with Gasteiger partial charge in [0.05, 0.1) is 18.4 Å². The molecule has 0 saturated carbocycles. The second-order valence-electron chi connectivity index (χ2n) is 10.2. The number of ether oxygens (including phenoxy) is 1. The fraction of sp³-hybridized carbons (Fsp3) is 0.346. The summed E-state index contributed by atoms with van der Waals surface area (Å²) >= 11 is 0. The zero-order valence-corrected chi connectivity index (χ0v) is 21.4. The Kier molecular flexibility index (Phi) is 5.85. The third kappa shape index (κ3) is 4.10. The molecule has 4 heterocycles. The van der Waals surface area contributed by atoms with Crippen molar-refractivity contribution in [2.24, 2.45) is 7.05 Å². The maximum Gasteiger partial charge on any atom is 0.440 e. The smallest absolute Gasteiger partial charge is 0.440 e. The summed E-state index contributed by atoms with van der Waals surface area (Å²) in [5.41, 5.74) is -3.01. The monoisotopic (exact) mass is 574 g/mol. The van der Waals surface area contributed by atoms with E-state index in [1.165, 1.54) is 6.20 Å². The van der Waals surface area contributed by atoms with Crippen LogP contribution in [0.3, 0.4) is 0 Å². The number of rotatable bonds is 3. The number of pyridine rings is 1. The Bertz CT molecular complexity index is 1610. The molecule has 1 spiro atoms. The van der Waals surface area contributed by atoms with Crippen LogP contribution in [0.5, 0.6) is 5.75 Å². The summed E-state index contributed by atoms with van der Waals surface area (Å²) in [6.45, 7) is -3.39. The highest BCUT2D eigenvalue weighted by Crippen LogP contribution is 2.43. The van der Waals surface area contributed by atoms with Gasteiger partial charge >= 0.3 is 12.2 Å². The molecule has 0 radical (unpaired) electrons. The molecule has 6 rings (SSSR count). The number of hydrogen-bond donors (Lipinski definition) is 2. The lowest BCUT2D eigenvalue weighted by Gasteiger charge is -2.38. The van der Waals surface area contributed by atoms with Crippen LogP contribution in [0, 0.1) is 5.82 Å². The van der Waals surface area contributed by atoms with Crippen LogP contribution in [0.2, 0.25) is 0 Å². The molecule has 4 amide bonds. The number of nitrogens with zero attached hydrogens (tertiary/aromatic N) is 5. The van der Waals surface area contributed by atoms with Crippen LogP contribution in [0.4, 0.5) is 22.4 Å². The minimum Gasteiger partial charge on any atom is -0.488 e. The summed E-state index contributed by atoms with van der Waals surface area (Å²) in [7, 11) is 1.75. The molecule has 2 N–H and O–H groups in total. The second-order valence-corrected chi connectivity index (χ2v) is 10.2. The minimum atomic E-state index is -5.39. The van der Waals surface area contributed by atoms with E-state index in [0.29, 0.717) is 22.6 Å². The molecule has 1 aromatic carbocycles. The Labute approximate surface area is 229 Å². The van der Waals surface area contributed by atoms with Crippen molar-refractivity contribution in [3.05, 3.63) is 65.4 Å². The first-order valence-corrected chi connectivity index (χ1v) is 12.5. The molecule has 1 aliphatic carbocycles. The van der Waals surface area contributed by atoms with Crippen molar-refractivity contribution in [3.63, 3.8) is 0 Å². The third-order valence-corrected chi connectivity index (χ3v) is 7.67. The number of carbonyl (C=O) groups excluding carboxylic acids is 3. The second kappa shape index (κ2) is 8.99. The number of aromatic nitrogens is 3. The molecule has 1 fully saturated rings. The molecule has 1 saturated heterocycles. The number of carbonyl (C=O) groups is 3. The summed E-state index contributed by atoms with van der Waals surface area (Å²) in [6.07, 6.45) is -0.0147. The summed E-state index contributed by atoms with van der Waals surface area (Å²) in [5, 5.41) is 17.4. The van der Waals surface area contributed by atoms with Gasteiger partial charge in [0, 0.05) is 36.1 Å². The average Bonchev–Trinajstić information content (AvgIpc) is 3.54. The topological polar surface area (TPSA) is 130 Å². The molecule has 2 aliphatic heterocycles. The van der Waals surface area contributed by atoms with Crippen molar-refractivity contribution < 1.29 is 41.8 Å². The number of fused-ring (bicyclic) bond motifs is 3. The lowest BCUT2D eigenvalue weighted by molar-refractivity contribution is -0.317. The number of imide groups is 1. The van der Waals surface area contributed by atoms with Gasteiger partial charge in [-0.15, -0.1) is 0 Å². The Morgan fingerprint density at radius 1 is 1.20 bits per heavy atom. The number of hydrogen-bond acceptors (Lipinski definition) is 7. The van der Waals surface area contributed by atoms with E-state index in [2.05, 4.69) is 15.4 Å². The van der Waals surface area contributed by atoms with E-state index >= 15 is 0 Å². The molecule has 15 heteroatoms. The van der Waals surface area contributed by atoms with E-state index in [-0.39, 0.29) is 22.6 Å². The van der Waals surface area contributed by atoms with Crippen molar-refractivity contribution in [2.75, 3.05) is 13.2 Å². The molecule has 3 aromatic rings. The summed E-state index contributed by atoms with van der Waals surface area (Å²) in [5.74, 6) is -3.18. The van der Waals surface area contributed by atoms with Gasteiger partial charge in [-0.2, -0.15) is 18.3 Å². The largest absolute Gasteiger partial charge is 0.488 e. The van der Waals surface area contributed by atoms with Gasteiger partial charge in [-0.3, -0.25) is 29.1 Å². The molecule has 2 atom stereocenters. The third-order valence-electron chi connectivity index (χ3n) is 7.67. The van der Waals surface area contributed by atoms with Crippen LogP contribution in [-0.4, -0.2) is 72.6 Å². The summed E-state index contributed by atoms with van der Waals surface area (Å²) in [4.78, 5) is 44.9. The normalized spacial score (nSPS) is 23.8. The quantitative estimate of drug-likeness (QED) is 0.362. The van der Waals surface area contributed by atoms with Crippen LogP contribution in [0.25, 0.3) is 11.3 Å². The first-order chi connectivity index (χ1) is 19.3. The maximum atomic E-state index is 14.1. The zero-order chi connectivity index (χ0) is 29.3. The van der Waals surface area contributed by atoms with Crippen molar-refractivity contribution >= 4 is 17.8 Å². The number of benzene rings is 1.